The summed E-state index contributed by atoms with van der Waals surface area (Å²) in [5, 5.41) is 13.8. The van der Waals surface area contributed by atoms with Crippen LogP contribution < -0.4 is 10.6 Å². The molecule has 0 aliphatic rings. The lowest BCUT2D eigenvalue weighted by Gasteiger charge is -2.20. The molecule has 1 unspecified atom stereocenters. The molecule has 0 bridgehead atoms. The summed E-state index contributed by atoms with van der Waals surface area (Å²) in [7, 11) is 3.14. The van der Waals surface area contributed by atoms with Gasteiger partial charge in [-0.25, -0.2) is 4.79 Å². The summed E-state index contributed by atoms with van der Waals surface area (Å²) in [4.78, 5) is 34.7. The number of carbonyl (C=O) groups excluding carboxylic acids is 2. The zero-order chi connectivity index (χ0) is 14.8. The quantitative estimate of drug-likeness (QED) is 0.591. The number of carbonyl (C=O) groups is 3. The number of hydrogen-bond donors (Lipinski definition) is 3. The van der Waals surface area contributed by atoms with Gasteiger partial charge in [-0.15, -0.1) is 0 Å². The van der Waals surface area contributed by atoms with Crippen molar-refractivity contribution in [2.24, 2.45) is 5.92 Å². The number of hydrogen-bond acceptors (Lipinski definition) is 3. The summed E-state index contributed by atoms with van der Waals surface area (Å²) >= 11 is 0. The van der Waals surface area contributed by atoms with E-state index in [1.165, 1.54) is 4.90 Å². The van der Waals surface area contributed by atoms with Crippen molar-refractivity contribution in [2.45, 2.75) is 26.2 Å². The van der Waals surface area contributed by atoms with Crippen molar-refractivity contribution in [3.05, 3.63) is 0 Å². The van der Waals surface area contributed by atoms with Gasteiger partial charge in [0.1, 0.15) is 0 Å². The Morgan fingerprint density at radius 2 is 1.95 bits per heavy atom. The zero-order valence-electron chi connectivity index (χ0n) is 11.7. The molecule has 7 heteroatoms. The normalized spacial score (nSPS) is 11.5. The predicted molar refractivity (Wildman–Crippen MR) is 70.7 cm³/mol. The molecule has 0 aromatic carbocycles. The number of urea groups is 1. The molecule has 110 valence electrons. The molecule has 0 aliphatic heterocycles. The summed E-state index contributed by atoms with van der Waals surface area (Å²) in [6.45, 7) is 2.53. The predicted octanol–water partition coefficient (Wildman–Crippen LogP) is 0.265. The lowest BCUT2D eigenvalue weighted by molar-refractivity contribution is -0.138. The van der Waals surface area contributed by atoms with Crippen LogP contribution in [-0.2, 0) is 9.59 Å². The van der Waals surface area contributed by atoms with Gasteiger partial charge in [-0.1, -0.05) is 13.3 Å². The first-order valence-electron chi connectivity index (χ1n) is 6.32. The Hall–Kier alpha value is -1.79. The fraction of sp³-hybridized carbons (Fsp3) is 0.750. The van der Waals surface area contributed by atoms with Gasteiger partial charge in [0.25, 0.3) is 0 Å². The zero-order valence-corrected chi connectivity index (χ0v) is 11.7. The average Bonchev–Trinajstić information content (AvgIpc) is 2.39. The Bertz CT molecular complexity index is 320. The molecule has 19 heavy (non-hydrogen) atoms. The SMILES string of the molecule is CCC(CNC(=O)N(C)CCC(=O)NC)CC(=O)O. The Morgan fingerprint density at radius 1 is 1.32 bits per heavy atom. The van der Waals surface area contributed by atoms with Crippen molar-refractivity contribution >= 4 is 17.9 Å². The first-order chi connectivity index (χ1) is 8.90. The molecule has 3 N–H and O–H groups in total. The second-order valence-corrected chi connectivity index (χ2v) is 4.40. The number of nitrogens with zero attached hydrogens (tertiary/aromatic N) is 1. The maximum Gasteiger partial charge on any atom is 0.317 e. The van der Waals surface area contributed by atoms with E-state index in [0.29, 0.717) is 19.5 Å². The van der Waals surface area contributed by atoms with Gasteiger partial charge in [-0.05, 0) is 5.92 Å². The molecular formula is C12H23N3O4. The van der Waals surface area contributed by atoms with Crippen LogP contribution in [0.25, 0.3) is 0 Å². The molecule has 0 saturated carbocycles. The third-order valence-electron chi connectivity index (χ3n) is 2.88. The van der Waals surface area contributed by atoms with Crippen molar-refractivity contribution in [1.29, 1.82) is 0 Å². The Labute approximate surface area is 113 Å². The fourth-order valence-electron chi connectivity index (χ4n) is 1.47. The van der Waals surface area contributed by atoms with Crippen molar-refractivity contribution < 1.29 is 19.5 Å². The number of carboxylic acids is 1. The molecule has 3 amide bonds. The molecule has 0 heterocycles. The lowest BCUT2D eigenvalue weighted by Crippen LogP contribution is -2.41. The first kappa shape index (κ1) is 17.2. The van der Waals surface area contributed by atoms with E-state index in [-0.39, 0.29) is 30.7 Å². The Morgan fingerprint density at radius 3 is 2.42 bits per heavy atom. The van der Waals surface area contributed by atoms with E-state index in [0.717, 1.165) is 0 Å². The van der Waals surface area contributed by atoms with Crippen LogP contribution in [0.4, 0.5) is 4.79 Å². The highest BCUT2D eigenvalue weighted by Gasteiger charge is 2.14. The molecule has 7 nitrogen and oxygen atoms in total. The summed E-state index contributed by atoms with van der Waals surface area (Å²) in [5.41, 5.74) is 0. The summed E-state index contributed by atoms with van der Waals surface area (Å²) in [6, 6.07) is -0.298. The smallest absolute Gasteiger partial charge is 0.317 e. The number of rotatable bonds is 8. The van der Waals surface area contributed by atoms with Gasteiger partial charge in [-0.2, -0.15) is 0 Å². The first-order valence-corrected chi connectivity index (χ1v) is 6.32. The van der Waals surface area contributed by atoms with Gasteiger partial charge < -0.3 is 20.6 Å². The molecule has 0 aromatic heterocycles. The summed E-state index contributed by atoms with van der Waals surface area (Å²) < 4.78 is 0. The Kier molecular flexibility index (Phi) is 8.32. The van der Waals surface area contributed by atoms with E-state index >= 15 is 0 Å². The van der Waals surface area contributed by atoms with E-state index in [1.807, 2.05) is 6.92 Å². The molecule has 1 atom stereocenters. The monoisotopic (exact) mass is 273 g/mol. The second kappa shape index (κ2) is 9.18. The number of carboxylic acid groups (broad SMARTS) is 1. The largest absolute Gasteiger partial charge is 0.481 e. The molecule has 0 rings (SSSR count). The highest BCUT2D eigenvalue weighted by Crippen LogP contribution is 2.06. The molecule has 0 aromatic rings. The van der Waals surface area contributed by atoms with Gasteiger partial charge in [0.05, 0.1) is 0 Å². The maximum atomic E-state index is 11.7. The number of amides is 3. The highest BCUT2D eigenvalue weighted by molar-refractivity contribution is 5.77. The minimum absolute atomic E-state index is 0.0404. The molecule has 0 radical (unpaired) electrons. The topological polar surface area (TPSA) is 98.7 Å². The van der Waals surface area contributed by atoms with Crippen LogP contribution in [0.1, 0.15) is 26.2 Å². The molecule has 0 fully saturated rings. The van der Waals surface area contributed by atoms with Crippen molar-refractivity contribution in [1.82, 2.24) is 15.5 Å². The average molecular weight is 273 g/mol. The van der Waals surface area contributed by atoms with Crippen LogP contribution >= 0.6 is 0 Å². The molecule has 0 saturated heterocycles. The standard InChI is InChI=1S/C12H23N3O4/c1-4-9(7-11(17)18)8-14-12(19)15(3)6-5-10(16)13-2/h9H,4-8H2,1-3H3,(H,13,16)(H,14,19)(H,17,18). The van der Waals surface area contributed by atoms with Crippen molar-refractivity contribution in [3.8, 4) is 0 Å². The van der Waals surface area contributed by atoms with Crippen LogP contribution in [0.15, 0.2) is 0 Å². The van der Waals surface area contributed by atoms with E-state index < -0.39 is 5.97 Å². The van der Waals surface area contributed by atoms with Crippen LogP contribution in [0, 0.1) is 5.92 Å². The summed E-state index contributed by atoms with van der Waals surface area (Å²) in [5.74, 6) is -1.07. The van der Waals surface area contributed by atoms with Crippen LogP contribution in [0.3, 0.4) is 0 Å². The van der Waals surface area contributed by atoms with E-state index in [2.05, 4.69) is 10.6 Å². The third-order valence-corrected chi connectivity index (χ3v) is 2.88. The van der Waals surface area contributed by atoms with Crippen molar-refractivity contribution in [3.63, 3.8) is 0 Å². The highest BCUT2D eigenvalue weighted by atomic mass is 16.4. The third kappa shape index (κ3) is 8.01. The molecular weight excluding hydrogens is 250 g/mol. The van der Waals surface area contributed by atoms with Crippen LogP contribution in [-0.4, -0.2) is 55.1 Å². The van der Waals surface area contributed by atoms with Gasteiger partial charge in [0, 0.05) is 40.0 Å². The molecule has 0 aliphatic carbocycles. The minimum atomic E-state index is -0.867. The second-order valence-electron chi connectivity index (χ2n) is 4.40. The van der Waals surface area contributed by atoms with Crippen LogP contribution in [0.5, 0.6) is 0 Å². The summed E-state index contributed by atoms with van der Waals surface area (Å²) in [6.07, 6.45) is 0.972. The number of nitrogens with one attached hydrogen (secondary N) is 2. The fourth-order valence-corrected chi connectivity index (χ4v) is 1.47. The van der Waals surface area contributed by atoms with Crippen LogP contribution in [0.2, 0.25) is 0 Å². The molecule has 0 spiro atoms. The lowest BCUT2D eigenvalue weighted by atomic mass is 10.0. The van der Waals surface area contributed by atoms with Gasteiger partial charge in [-0.3, -0.25) is 9.59 Å². The van der Waals surface area contributed by atoms with Gasteiger partial charge >= 0.3 is 12.0 Å². The van der Waals surface area contributed by atoms with Gasteiger partial charge in [0.15, 0.2) is 0 Å². The minimum Gasteiger partial charge on any atom is -0.481 e. The van der Waals surface area contributed by atoms with E-state index in [1.54, 1.807) is 14.1 Å². The number of aliphatic carboxylic acids is 1. The van der Waals surface area contributed by atoms with Gasteiger partial charge in [0.2, 0.25) is 5.91 Å². The maximum absolute atomic E-state index is 11.7. The Balaban J connectivity index is 4.00. The van der Waals surface area contributed by atoms with E-state index in [9.17, 15) is 14.4 Å². The van der Waals surface area contributed by atoms with E-state index in [4.69, 9.17) is 5.11 Å². The van der Waals surface area contributed by atoms with Crippen molar-refractivity contribution in [2.75, 3.05) is 27.2 Å².